The minimum absolute atomic E-state index is 0.0296. The molecule has 0 unspecified atom stereocenters. The Labute approximate surface area is 199 Å². The number of para-hydroxylation sites is 1. The molecule has 2 amide bonds. The normalized spacial score (nSPS) is 14.3. The van der Waals surface area contributed by atoms with Gasteiger partial charge in [-0.2, -0.15) is 0 Å². The fourth-order valence-electron chi connectivity index (χ4n) is 4.18. The average Bonchev–Trinajstić information content (AvgIpc) is 3.55. The Morgan fingerprint density at radius 1 is 1.03 bits per heavy atom. The van der Waals surface area contributed by atoms with Gasteiger partial charge in [-0.1, -0.05) is 30.8 Å². The van der Waals surface area contributed by atoms with Crippen molar-refractivity contribution in [3.05, 3.63) is 58.8 Å². The van der Waals surface area contributed by atoms with Crippen LogP contribution in [0.1, 0.15) is 23.9 Å². The highest BCUT2D eigenvalue weighted by Gasteiger charge is 2.26. The molecule has 4 heterocycles. The Hall–Kier alpha value is -3.60. The number of furan rings is 1. The smallest absolute Gasteiger partial charge is 0.289 e. The Morgan fingerprint density at radius 3 is 2.53 bits per heavy atom. The topological polar surface area (TPSA) is 106 Å². The number of fused-ring (bicyclic) bond motifs is 3. The summed E-state index contributed by atoms with van der Waals surface area (Å²) in [5.41, 5.74) is 0.631. The third kappa shape index (κ3) is 3.96. The highest BCUT2D eigenvalue weighted by Crippen LogP contribution is 2.22. The van der Waals surface area contributed by atoms with Gasteiger partial charge in [0.25, 0.3) is 11.5 Å². The molecule has 1 aliphatic heterocycles. The van der Waals surface area contributed by atoms with Crippen LogP contribution >= 0.6 is 11.8 Å². The number of amides is 2. The molecule has 1 aromatic carbocycles. The molecule has 1 aliphatic rings. The van der Waals surface area contributed by atoms with Crippen molar-refractivity contribution in [1.82, 2.24) is 29.0 Å². The minimum Gasteiger partial charge on any atom is -0.459 e. The first-order valence-corrected chi connectivity index (χ1v) is 12.2. The Kier molecular flexibility index (Phi) is 6.10. The van der Waals surface area contributed by atoms with Gasteiger partial charge in [0.05, 0.1) is 22.9 Å². The molecule has 0 spiro atoms. The zero-order valence-corrected chi connectivity index (χ0v) is 19.5. The van der Waals surface area contributed by atoms with Crippen molar-refractivity contribution in [2.45, 2.75) is 25.0 Å². The lowest BCUT2D eigenvalue weighted by Gasteiger charge is -2.34. The van der Waals surface area contributed by atoms with Gasteiger partial charge >= 0.3 is 0 Å². The average molecular weight is 481 g/mol. The van der Waals surface area contributed by atoms with E-state index in [1.54, 1.807) is 32.6 Å². The predicted molar refractivity (Wildman–Crippen MR) is 127 cm³/mol. The second-order valence-corrected chi connectivity index (χ2v) is 8.97. The monoisotopic (exact) mass is 480 g/mol. The van der Waals surface area contributed by atoms with E-state index >= 15 is 0 Å². The van der Waals surface area contributed by atoms with Gasteiger partial charge in [-0.3, -0.25) is 23.4 Å². The van der Waals surface area contributed by atoms with E-state index in [0.717, 1.165) is 11.9 Å². The largest absolute Gasteiger partial charge is 0.459 e. The van der Waals surface area contributed by atoms with Crippen LogP contribution in [0.15, 0.2) is 57.0 Å². The molecule has 34 heavy (non-hydrogen) atoms. The molecule has 0 saturated carbocycles. The number of carbonyl (C=O) groups excluding carboxylic acids is 2. The molecule has 1 fully saturated rings. The van der Waals surface area contributed by atoms with Crippen molar-refractivity contribution in [2.24, 2.45) is 0 Å². The van der Waals surface area contributed by atoms with Crippen LogP contribution in [0.5, 0.6) is 0 Å². The quantitative estimate of drug-likeness (QED) is 0.389. The summed E-state index contributed by atoms with van der Waals surface area (Å²) in [6, 6.07) is 10.7. The van der Waals surface area contributed by atoms with Gasteiger partial charge in [0, 0.05) is 32.7 Å². The summed E-state index contributed by atoms with van der Waals surface area (Å²) in [6.07, 6.45) is 2.26. The van der Waals surface area contributed by atoms with Crippen LogP contribution in [0.25, 0.3) is 16.7 Å². The first-order chi connectivity index (χ1) is 16.6. The van der Waals surface area contributed by atoms with Gasteiger partial charge in [0.1, 0.15) is 0 Å². The van der Waals surface area contributed by atoms with E-state index in [4.69, 9.17) is 4.42 Å². The minimum atomic E-state index is -0.161. The highest BCUT2D eigenvalue weighted by molar-refractivity contribution is 7.99. The summed E-state index contributed by atoms with van der Waals surface area (Å²) in [4.78, 5) is 41.7. The number of thioether (sulfide) groups is 1. The van der Waals surface area contributed by atoms with Crippen LogP contribution in [-0.2, 0) is 11.3 Å². The maximum absolute atomic E-state index is 12.9. The molecule has 0 atom stereocenters. The molecule has 0 bridgehead atoms. The summed E-state index contributed by atoms with van der Waals surface area (Å²) >= 11 is 1.30. The number of aryl methyl sites for hydroxylation is 1. The van der Waals surface area contributed by atoms with Gasteiger partial charge in [-0.25, -0.2) is 0 Å². The number of benzene rings is 1. The third-order valence-electron chi connectivity index (χ3n) is 5.90. The standard InChI is InChI=1S/C23H24N6O4S/c1-2-9-28-20(31)16-6-3-4-7-17(16)29-22(28)24-25-23(29)34-15-19(30)26-10-12-27(13-11-26)21(32)18-8-5-14-33-18/h3-8,14H,2,9-13,15H2,1H3. The fourth-order valence-corrected chi connectivity index (χ4v) is 5.03. The van der Waals surface area contributed by atoms with E-state index in [0.29, 0.717) is 54.8 Å². The highest BCUT2D eigenvalue weighted by atomic mass is 32.2. The first-order valence-electron chi connectivity index (χ1n) is 11.2. The summed E-state index contributed by atoms with van der Waals surface area (Å²) < 4.78 is 8.67. The van der Waals surface area contributed by atoms with Gasteiger partial charge < -0.3 is 14.2 Å². The SMILES string of the molecule is CCCn1c(=O)c2ccccc2n2c(SCC(=O)N3CCN(C(=O)c4ccco4)CC3)nnc12. The zero-order valence-electron chi connectivity index (χ0n) is 18.7. The molecule has 11 heteroatoms. The molecule has 176 valence electrons. The van der Waals surface area contributed by atoms with Crippen LogP contribution in [0.2, 0.25) is 0 Å². The van der Waals surface area contributed by atoms with E-state index in [9.17, 15) is 14.4 Å². The number of piperazine rings is 1. The molecule has 3 aromatic heterocycles. The van der Waals surface area contributed by atoms with Crippen LogP contribution < -0.4 is 5.56 Å². The molecule has 1 saturated heterocycles. The Balaban J connectivity index is 1.31. The fraction of sp³-hybridized carbons (Fsp3) is 0.348. The van der Waals surface area contributed by atoms with Crippen LogP contribution in [0.4, 0.5) is 0 Å². The van der Waals surface area contributed by atoms with E-state index in [2.05, 4.69) is 10.2 Å². The molecule has 5 rings (SSSR count). The van der Waals surface area contributed by atoms with Crippen LogP contribution in [0.3, 0.4) is 0 Å². The summed E-state index contributed by atoms with van der Waals surface area (Å²) in [5.74, 6) is 0.784. The van der Waals surface area contributed by atoms with E-state index in [1.165, 1.54) is 18.0 Å². The molecule has 0 aliphatic carbocycles. The first kappa shape index (κ1) is 22.2. The van der Waals surface area contributed by atoms with Crippen molar-refractivity contribution in [2.75, 3.05) is 31.9 Å². The molecule has 0 N–H and O–H groups in total. The summed E-state index contributed by atoms with van der Waals surface area (Å²) in [7, 11) is 0. The predicted octanol–water partition coefficient (Wildman–Crippen LogP) is 2.12. The second-order valence-electron chi connectivity index (χ2n) is 8.03. The van der Waals surface area contributed by atoms with Gasteiger partial charge in [-0.05, 0) is 30.7 Å². The zero-order chi connectivity index (χ0) is 23.7. The van der Waals surface area contributed by atoms with Crippen LogP contribution in [-0.4, -0.2) is 72.7 Å². The Morgan fingerprint density at radius 2 is 1.79 bits per heavy atom. The lowest BCUT2D eigenvalue weighted by atomic mass is 10.2. The number of hydrogen-bond donors (Lipinski definition) is 0. The van der Waals surface area contributed by atoms with Gasteiger partial charge in [-0.15, -0.1) is 10.2 Å². The van der Waals surface area contributed by atoms with Crippen molar-refractivity contribution in [3.63, 3.8) is 0 Å². The van der Waals surface area contributed by atoms with Crippen molar-refractivity contribution < 1.29 is 14.0 Å². The summed E-state index contributed by atoms with van der Waals surface area (Å²) in [5, 5.41) is 9.72. The molecular formula is C23H24N6O4S. The van der Waals surface area contributed by atoms with E-state index in [1.807, 2.05) is 29.5 Å². The van der Waals surface area contributed by atoms with Crippen LogP contribution in [0, 0.1) is 0 Å². The lowest BCUT2D eigenvalue weighted by molar-refractivity contribution is -0.129. The lowest BCUT2D eigenvalue weighted by Crippen LogP contribution is -2.51. The van der Waals surface area contributed by atoms with Crippen molar-refractivity contribution in [1.29, 1.82) is 0 Å². The Bertz CT molecular complexity index is 1400. The van der Waals surface area contributed by atoms with Gasteiger partial charge in [0.15, 0.2) is 10.9 Å². The number of rotatable bonds is 6. The van der Waals surface area contributed by atoms with E-state index in [-0.39, 0.29) is 23.1 Å². The molecular weight excluding hydrogens is 456 g/mol. The number of nitrogens with zero attached hydrogens (tertiary/aromatic N) is 6. The maximum atomic E-state index is 12.9. The summed E-state index contributed by atoms with van der Waals surface area (Å²) in [6.45, 7) is 4.38. The third-order valence-corrected chi connectivity index (χ3v) is 6.82. The van der Waals surface area contributed by atoms with Crippen molar-refractivity contribution >= 4 is 40.3 Å². The molecule has 10 nitrogen and oxygen atoms in total. The molecule has 4 aromatic rings. The number of carbonyl (C=O) groups is 2. The van der Waals surface area contributed by atoms with Gasteiger partial charge in [0.2, 0.25) is 11.7 Å². The molecule has 0 radical (unpaired) electrons. The number of hydrogen-bond acceptors (Lipinski definition) is 7. The van der Waals surface area contributed by atoms with Crippen molar-refractivity contribution in [3.8, 4) is 0 Å². The number of aromatic nitrogens is 4. The second kappa shape index (κ2) is 9.34. The maximum Gasteiger partial charge on any atom is 0.289 e. The van der Waals surface area contributed by atoms with E-state index < -0.39 is 0 Å².